The molecule has 0 aromatic carbocycles. The molecule has 4 nitrogen and oxygen atoms in total. The summed E-state index contributed by atoms with van der Waals surface area (Å²) in [7, 11) is 0. The minimum absolute atomic E-state index is 0.0118. The Kier molecular flexibility index (Phi) is 5.39. The number of aryl methyl sites for hydroxylation is 1. The first-order valence-electron chi connectivity index (χ1n) is 6.45. The van der Waals surface area contributed by atoms with E-state index in [-0.39, 0.29) is 18.0 Å². The zero-order chi connectivity index (χ0) is 13.7. The van der Waals surface area contributed by atoms with Gasteiger partial charge in [-0.2, -0.15) is 5.26 Å². The molecular formula is C14H23N3O. The Morgan fingerprint density at radius 1 is 1.44 bits per heavy atom. The van der Waals surface area contributed by atoms with E-state index in [1.54, 1.807) is 0 Å². The first-order valence-corrected chi connectivity index (χ1v) is 6.45. The molecule has 3 atom stereocenters. The van der Waals surface area contributed by atoms with Crippen LogP contribution >= 0.6 is 0 Å². The Balaban J connectivity index is 2.92. The molecule has 0 aliphatic rings. The van der Waals surface area contributed by atoms with Gasteiger partial charge in [-0.05, 0) is 39.4 Å². The molecule has 2 N–H and O–H groups in total. The first-order chi connectivity index (χ1) is 8.49. The standard InChI is InChI=1S/C14H23N3O/c1-5-17(9-10(2)8-15)14(12(4)16)13-7-6-11(3)18-13/h6-7,10,12,14H,5,9,16H2,1-4H3. The molecule has 1 rings (SSSR count). The highest BCUT2D eigenvalue weighted by Gasteiger charge is 2.26. The minimum atomic E-state index is -0.0404. The first kappa shape index (κ1) is 14.7. The molecule has 18 heavy (non-hydrogen) atoms. The summed E-state index contributed by atoms with van der Waals surface area (Å²) in [6.07, 6.45) is 0. The van der Waals surface area contributed by atoms with E-state index >= 15 is 0 Å². The van der Waals surface area contributed by atoms with E-state index in [4.69, 9.17) is 15.4 Å². The summed E-state index contributed by atoms with van der Waals surface area (Å²) in [6.45, 7) is 9.46. The van der Waals surface area contributed by atoms with Gasteiger partial charge in [0.1, 0.15) is 11.5 Å². The summed E-state index contributed by atoms with van der Waals surface area (Å²) in [4.78, 5) is 2.21. The molecule has 0 fully saturated rings. The van der Waals surface area contributed by atoms with Gasteiger partial charge in [-0.15, -0.1) is 0 Å². The number of likely N-dealkylation sites (N-methyl/N-ethyl adjacent to an activating group) is 1. The van der Waals surface area contributed by atoms with E-state index in [2.05, 4.69) is 17.9 Å². The number of rotatable bonds is 6. The fourth-order valence-electron chi connectivity index (χ4n) is 2.22. The second kappa shape index (κ2) is 6.58. The zero-order valence-corrected chi connectivity index (χ0v) is 11.7. The van der Waals surface area contributed by atoms with Gasteiger partial charge in [0.2, 0.25) is 0 Å². The smallest absolute Gasteiger partial charge is 0.122 e. The Hall–Kier alpha value is -1.31. The summed E-state index contributed by atoms with van der Waals surface area (Å²) < 4.78 is 5.70. The molecule has 0 aliphatic carbocycles. The quantitative estimate of drug-likeness (QED) is 0.841. The molecular weight excluding hydrogens is 226 g/mol. The number of hydrogen-bond donors (Lipinski definition) is 1. The van der Waals surface area contributed by atoms with Crippen molar-refractivity contribution in [2.75, 3.05) is 13.1 Å². The lowest BCUT2D eigenvalue weighted by Crippen LogP contribution is -2.41. The minimum Gasteiger partial charge on any atom is -0.465 e. The Morgan fingerprint density at radius 2 is 2.11 bits per heavy atom. The van der Waals surface area contributed by atoms with Crippen LogP contribution in [0.15, 0.2) is 16.5 Å². The van der Waals surface area contributed by atoms with E-state index in [0.717, 1.165) is 18.1 Å². The number of hydrogen-bond acceptors (Lipinski definition) is 4. The Labute approximate surface area is 109 Å². The van der Waals surface area contributed by atoms with Gasteiger partial charge in [-0.1, -0.05) is 6.92 Å². The van der Waals surface area contributed by atoms with Crippen molar-refractivity contribution in [2.45, 2.75) is 39.8 Å². The molecule has 0 radical (unpaired) electrons. The maximum Gasteiger partial charge on any atom is 0.122 e. The average molecular weight is 249 g/mol. The molecule has 1 aromatic heterocycles. The van der Waals surface area contributed by atoms with Crippen LogP contribution < -0.4 is 5.73 Å². The van der Waals surface area contributed by atoms with E-state index in [9.17, 15) is 0 Å². The molecule has 100 valence electrons. The topological polar surface area (TPSA) is 66.2 Å². The normalized spacial score (nSPS) is 16.3. The van der Waals surface area contributed by atoms with Crippen molar-refractivity contribution >= 4 is 0 Å². The van der Waals surface area contributed by atoms with Crippen LogP contribution in [0.2, 0.25) is 0 Å². The molecule has 0 saturated carbocycles. The van der Waals surface area contributed by atoms with Crippen molar-refractivity contribution in [3.05, 3.63) is 23.7 Å². The number of nitrogens with zero attached hydrogens (tertiary/aromatic N) is 2. The molecule has 1 aromatic rings. The summed E-state index contributed by atoms with van der Waals surface area (Å²) in [5, 5.41) is 8.94. The summed E-state index contributed by atoms with van der Waals surface area (Å²) in [5.74, 6) is 1.76. The lowest BCUT2D eigenvalue weighted by molar-refractivity contribution is 0.151. The highest BCUT2D eigenvalue weighted by Crippen LogP contribution is 2.26. The predicted octanol–water partition coefficient (Wildman–Crippen LogP) is 2.46. The van der Waals surface area contributed by atoms with Crippen molar-refractivity contribution in [1.82, 2.24) is 4.90 Å². The average Bonchev–Trinajstić information content (AvgIpc) is 2.73. The number of nitrogens with two attached hydrogens (primary N) is 1. The highest BCUT2D eigenvalue weighted by atomic mass is 16.3. The van der Waals surface area contributed by atoms with E-state index in [0.29, 0.717) is 6.54 Å². The van der Waals surface area contributed by atoms with E-state index in [1.807, 2.05) is 32.9 Å². The lowest BCUT2D eigenvalue weighted by atomic mass is 10.0. The van der Waals surface area contributed by atoms with Gasteiger partial charge >= 0.3 is 0 Å². The molecule has 0 saturated heterocycles. The second-order valence-electron chi connectivity index (χ2n) is 4.87. The predicted molar refractivity (Wildman–Crippen MR) is 71.9 cm³/mol. The van der Waals surface area contributed by atoms with E-state index in [1.165, 1.54) is 0 Å². The van der Waals surface area contributed by atoms with Crippen LogP contribution in [0, 0.1) is 24.2 Å². The molecule has 1 heterocycles. The molecule has 4 heteroatoms. The summed E-state index contributed by atoms with van der Waals surface area (Å²) >= 11 is 0. The third-order valence-electron chi connectivity index (χ3n) is 3.08. The van der Waals surface area contributed by atoms with Gasteiger partial charge < -0.3 is 10.2 Å². The Morgan fingerprint density at radius 3 is 2.50 bits per heavy atom. The largest absolute Gasteiger partial charge is 0.465 e. The monoisotopic (exact) mass is 249 g/mol. The molecule has 0 spiro atoms. The maximum absolute atomic E-state index is 8.94. The third-order valence-corrected chi connectivity index (χ3v) is 3.08. The number of nitriles is 1. The fourth-order valence-corrected chi connectivity index (χ4v) is 2.22. The third kappa shape index (κ3) is 3.59. The van der Waals surface area contributed by atoms with Crippen molar-refractivity contribution in [2.24, 2.45) is 11.7 Å². The van der Waals surface area contributed by atoms with Crippen LogP contribution in [-0.4, -0.2) is 24.0 Å². The lowest BCUT2D eigenvalue weighted by Gasteiger charge is -2.32. The maximum atomic E-state index is 8.94. The van der Waals surface area contributed by atoms with Crippen LogP contribution in [0.25, 0.3) is 0 Å². The van der Waals surface area contributed by atoms with Crippen LogP contribution in [0.5, 0.6) is 0 Å². The van der Waals surface area contributed by atoms with Crippen molar-refractivity contribution in [3.8, 4) is 6.07 Å². The summed E-state index contributed by atoms with van der Waals surface area (Å²) in [6, 6.07) is 6.18. The van der Waals surface area contributed by atoms with Crippen molar-refractivity contribution in [1.29, 1.82) is 5.26 Å². The van der Waals surface area contributed by atoms with Crippen LogP contribution in [-0.2, 0) is 0 Å². The highest BCUT2D eigenvalue weighted by molar-refractivity contribution is 5.12. The number of furan rings is 1. The molecule has 3 unspecified atom stereocenters. The van der Waals surface area contributed by atoms with Gasteiger partial charge in [0.05, 0.1) is 18.0 Å². The Bertz CT molecular complexity index is 405. The second-order valence-corrected chi connectivity index (χ2v) is 4.87. The molecule has 0 amide bonds. The van der Waals surface area contributed by atoms with Crippen LogP contribution in [0.3, 0.4) is 0 Å². The SMILES string of the molecule is CCN(CC(C)C#N)C(c1ccc(C)o1)C(C)N. The zero-order valence-electron chi connectivity index (χ0n) is 11.7. The van der Waals surface area contributed by atoms with Crippen molar-refractivity contribution < 1.29 is 4.42 Å². The fraction of sp³-hybridized carbons (Fsp3) is 0.643. The van der Waals surface area contributed by atoms with Crippen molar-refractivity contribution in [3.63, 3.8) is 0 Å². The van der Waals surface area contributed by atoms with Crippen LogP contribution in [0.1, 0.15) is 38.3 Å². The van der Waals surface area contributed by atoms with Gasteiger partial charge in [-0.3, -0.25) is 4.90 Å². The van der Waals surface area contributed by atoms with Gasteiger partial charge in [0.25, 0.3) is 0 Å². The summed E-state index contributed by atoms with van der Waals surface area (Å²) in [5.41, 5.74) is 6.09. The molecule has 0 bridgehead atoms. The van der Waals surface area contributed by atoms with Gasteiger partial charge in [0, 0.05) is 12.6 Å². The van der Waals surface area contributed by atoms with Gasteiger partial charge in [0.15, 0.2) is 0 Å². The molecule has 0 aliphatic heterocycles. The van der Waals surface area contributed by atoms with E-state index < -0.39 is 0 Å². The van der Waals surface area contributed by atoms with Crippen LogP contribution in [0.4, 0.5) is 0 Å². The van der Waals surface area contributed by atoms with Gasteiger partial charge in [-0.25, -0.2) is 0 Å².